The van der Waals surface area contributed by atoms with Crippen molar-refractivity contribution in [3.63, 3.8) is 0 Å². The molecule has 1 amide bonds. The highest BCUT2D eigenvalue weighted by Crippen LogP contribution is 2.10. The van der Waals surface area contributed by atoms with Crippen molar-refractivity contribution in [2.45, 2.75) is 12.1 Å². The van der Waals surface area contributed by atoms with Crippen molar-refractivity contribution in [2.24, 2.45) is 5.73 Å². The summed E-state index contributed by atoms with van der Waals surface area (Å²) in [6.45, 7) is -0.371. The van der Waals surface area contributed by atoms with Gasteiger partial charge in [-0.15, -0.1) is 0 Å². The number of nitrogens with two attached hydrogens (primary N) is 1. The lowest BCUT2D eigenvalue weighted by atomic mass is 10.3. The fourth-order valence-corrected chi connectivity index (χ4v) is 1.64. The lowest BCUT2D eigenvalue weighted by Crippen LogP contribution is -2.47. The van der Waals surface area contributed by atoms with Crippen molar-refractivity contribution in [1.29, 1.82) is 0 Å². The summed E-state index contributed by atoms with van der Waals surface area (Å²) in [6.07, 6.45) is 0. The van der Waals surface area contributed by atoms with Crippen LogP contribution in [0.3, 0.4) is 0 Å². The Kier molecular flexibility index (Phi) is 3.07. The molecule has 4 N–H and O–H groups in total. The highest BCUT2D eigenvalue weighted by molar-refractivity contribution is 8.13. The second kappa shape index (κ2) is 3.88. The van der Waals surface area contributed by atoms with Gasteiger partial charge in [-0.2, -0.15) is 0 Å². The van der Waals surface area contributed by atoms with Crippen molar-refractivity contribution in [3.8, 4) is 0 Å². The van der Waals surface area contributed by atoms with E-state index >= 15 is 0 Å². The SMILES string of the molecule is NC1CSC(=O)C(CO)NC1=O. The summed E-state index contributed by atoms with van der Waals surface area (Å²) >= 11 is 0.976. The van der Waals surface area contributed by atoms with Gasteiger partial charge in [-0.3, -0.25) is 9.59 Å². The maximum Gasteiger partial charge on any atom is 0.238 e. The third-order valence-corrected chi connectivity index (χ3v) is 2.62. The first kappa shape index (κ1) is 9.50. The number of aliphatic hydroxyl groups excluding tert-OH is 1. The van der Waals surface area contributed by atoms with Crippen molar-refractivity contribution in [3.05, 3.63) is 0 Å². The van der Waals surface area contributed by atoms with Crippen LogP contribution in [0.25, 0.3) is 0 Å². The molecule has 1 aliphatic rings. The van der Waals surface area contributed by atoms with Gasteiger partial charge in [0, 0.05) is 5.75 Å². The highest BCUT2D eigenvalue weighted by atomic mass is 32.2. The number of amides is 1. The van der Waals surface area contributed by atoms with E-state index in [1.54, 1.807) is 0 Å². The third kappa shape index (κ3) is 1.96. The first-order chi connectivity index (χ1) is 5.65. The van der Waals surface area contributed by atoms with E-state index < -0.39 is 12.1 Å². The molecule has 1 heterocycles. The van der Waals surface area contributed by atoms with Gasteiger partial charge in [0.25, 0.3) is 0 Å². The quantitative estimate of drug-likeness (QED) is 0.447. The van der Waals surface area contributed by atoms with Gasteiger partial charge in [0.1, 0.15) is 6.04 Å². The molecule has 1 saturated heterocycles. The Morgan fingerprint density at radius 1 is 1.67 bits per heavy atom. The fourth-order valence-electron chi connectivity index (χ4n) is 0.806. The Labute approximate surface area is 73.7 Å². The predicted molar refractivity (Wildman–Crippen MR) is 44.5 cm³/mol. The molecule has 5 nitrogen and oxygen atoms in total. The lowest BCUT2D eigenvalue weighted by molar-refractivity contribution is -0.125. The third-order valence-electron chi connectivity index (χ3n) is 1.53. The van der Waals surface area contributed by atoms with E-state index in [9.17, 15) is 9.59 Å². The minimum Gasteiger partial charge on any atom is -0.394 e. The predicted octanol–water partition coefficient (Wildman–Crippen LogP) is -1.94. The molecule has 0 bridgehead atoms. The van der Waals surface area contributed by atoms with E-state index in [0.717, 1.165) is 11.8 Å². The largest absolute Gasteiger partial charge is 0.394 e. The second-order valence-electron chi connectivity index (χ2n) is 2.48. The molecule has 0 radical (unpaired) electrons. The molecule has 1 rings (SSSR count). The number of aliphatic hydroxyl groups is 1. The minimum absolute atomic E-state index is 0.237. The van der Waals surface area contributed by atoms with Gasteiger partial charge < -0.3 is 16.2 Å². The fraction of sp³-hybridized carbons (Fsp3) is 0.667. The highest BCUT2D eigenvalue weighted by Gasteiger charge is 2.28. The zero-order chi connectivity index (χ0) is 9.14. The zero-order valence-electron chi connectivity index (χ0n) is 6.32. The standard InChI is InChI=1S/C6H10N2O3S/c7-3-2-12-6(11)4(1-9)8-5(3)10/h3-4,9H,1-2,7H2,(H,8,10). The number of carbonyl (C=O) groups is 2. The van der Waals surface area contributed by atoms with E-state index in [0.29, 0.717) is 0 Å². The van der Waals surface area contributed by atoms with E-state index in [1.807, 2.05) is 0 Å². The van der Waals surface area contributed by atoms with Crippen LogP contribution < -0.4 is 11.1 Å². The molecule has 2 atom stereocenters. The Hall–Kier alpha value is -0.590. The smallest absolute Gasteiger partial charge is 0.238 e. The Morgan fingerprint density at radius 2 is 2.33 bits per heavy atom. The number of hydrogen-bond donors (Lipinski definition) is 3. The average molecular weight is 190 g/mol. The summed E-state index contributed by atoms with van der Waals surface area (Å²) in [5.41, 5.74) is 5.39. The van der Waals surface area contributed by atoms with Crippen LogP contribution in [0.4, 0.5) is 0 Å². The molecule has 0 saturated carbocycles. The summed E-state index contributed by atoms with van der Waals surface area (Å²) in [7, 11) is 0. The van der Waals surface area contributed by atoms with Crippen molar-refractivity contribution in [2.75, 3.05) is 12.4 Å². The monoisotopic (exact) mass is 190 g/mol. The topological polar surface area (TPSA) is 92.4 Å². The Bertz CT molecular complexity index is 207. The maximum absolute atomic E-state index is 11.1. The van der Waals surface area contributed by atoms with Crippen LogP contribution in [0.1, 0.15) is 0 Å². The molecule has 1 aliphatic heterocycles. The van der Waals surface area contributed by atoms with Crippen LogP contribution in [0.2, 0.25) is 0 Å². The molecule has 0 aromatic carbocycles. The van der Waals surface area contributed by atoms with Crippen molar-refractivity contribution < 1.29 is 14.7 Å². The summed E-state index contributed by atoms with van der Waals surface area (Å²) in [4.78, 5) is 22.1. The summed E-state index contributed by atoms with van der Waals surface area (Å²) in [6, 6.07) is -1.45. The molecule has 68 valence electrons. The number of thioether (sulfide) groups is 1. The lowest BCUT2D eigenvalue weighted by Gasteiger charge is -2.10. The minimum atomic E-state index is -0.795. The second-order valence-corrected chi connectivity index (χ2v) is 3.50. The zero-order valence-corrected chi connectivity index (χ0v) is 7.13. The first-order valence-corrected chi connectivity index (χ1v) is 4.47. The van der Waals surface area contributed by atoms with Gasteiger partial charge in [0.2, 0.25) is 11.0 Å². The van der Waals surface area contributed by atoms with Crippen molar-refractivity contribution >= 4 is 22.8 Å². The van der Waals surface area contributed by atoms with Crippen LogP contribution in [-0.2, 0) is 9.59 Å². The Morgan fingerprint density at radius 3 is 2.92 bits per heavy atom. The summed E-state index contributed by atoms with van der Waals surface area (Å²) in [5.74, 6) is -0.103. The summed E-state index contributed by atoms with van der Waals surface area (Å²) < 4.78 is 0. The van der Waals surface area contributed by atoms with E-state index in [4.69, 9.17) is 10.8 Å². The molecule has 0 aromatic heterocycles. The van der Waals surface area contributed by atoms with Gasteiger partial charge in [-0.25, -0.2) is 0 Å². The summed E-state index contributed by atoms with van der Waals surface area (Å²) in [5, 5.41) is 10.8. The van der Waals surface area contributed by atoms with Crippen LogP contribution in [0, 0.1) is 0 Å². The van der Waals surface area contributed by atoms with Gasteiger partial charge in [-0.05, 0) is 0 Å². The molecule has 2 unspecified atom stereocenters. The molecule has 6 heteroatoms. The normalized spacial score (nSPS) is 31.2. The van der Waals surface area contributed by atoms with Gasteiger partial charge in [0.05, 0.1) is 12.6 Å². The van der Waals surface area contributed by atoms with E-state index in [2.05, 4.69) is 5.32 Å². The van der Waals surface area contributed by atoms with Crippen LogP contribution in [0.5, 0.6) is 0 Å². The molecular weight excluding hydrogens is 180 g/mol. The number of rotatable bonds is 1. The van der Waals surface area contributed by atoms with Gasteiger partial charge in [-0.1, -0.05) is 11.8 Å². The van der Waals surface area contributed by atoms with Gasteiger partial charge >= 0.3 is 0 Å². The Balaban J connectivity index is 2.67. The molecular formula is C6H10N2O3S. The molecule has 0 spiro atoms. The molecule has 1 fully saturated rings. The van der Waals surface area contributed by atoms with Crippen LogP contribution in [0.15, 0.2) is 0 Å². The number of hydrogen-bond acceptors (Lipinski definition) is 5. The first-order valence-electron chi connectivity index (χ1n) is 3.48. The van der Waals surface area contributed by atoms with Gasteiger partial charge in [0.15, 0.2) is 0 Å². The average Bonchev–Trinajstić information content (AvgIpc) is 2.18. The van der Waals surface area contributed by atoms with E-state index in [-0.39, 0.29) is 23.4 Å². The van der Waals surface area contributed by atoms with Crippen molar-refractivity contribution in [1.82, 2.24) is 5.32 Å². The maximum atomic E-state index is 11.1. The molecule has 12 heavy (non-hydrogen) atoms. The van der Waals surface area contributed by atoms with Crippen LogP contribution in [-0.4, -0.2) is 40.6 Å². The number of carbonyl (C=O) groups excluding carboxylic acids is 2. The van der Waals surface area contributed by atoms with E-state index in [1.165, 1.54) is 0 Å². The molecule has 0 aromatic rings. The van der Waals surface area contributed by atoms with Crippen LogP contribution >= 0.6 is 11.8 Å². The number of nitrogens with one attached hydrogen (secondary N) is 1. The molecule has 0 aliphatic carbocycles.